The molecule has 0 bridgehead atoms. The Labute approximate surface area is 186 Å². The van der Waals surface area contributed by atoms with Crippen molar-refractivity contribution in [1.82, 2.24) is 4.90 Å². The Bertz CT molecular complexity index is 1190. The lowest BCUT2D eigenvalue weighted by Crippen LogP contribution is -2.56. The fourth-order valence-electron chi connectivity index (χ4n) is 4.91. The average molecular weight is 434 g/mol. The summed E-state index contributed by atoms with van der Waals surface area (Å²) < 4.78 is 18.2. The number of likely N-dealkylation sites (tertiary alicyclic amines) is 1. The Hall–Kier alpha value is -3.12. The van der Waals surface area contributed by atoms with E-state index in [9.17, 15) is 9.59 Å². The number of hydrogen-bond acceptors (Lipinski definition) is 6. The summed E-state index contributed by atoms with van der Waals surface area (Å²) in [6.07, 6.45) is 2.73. The zero-order valence-electron chi connectivity index (χ0n) is 18.4. The number of nitrogens with zero attached hydrogens (tertiary/aromatic N) is 1. The molecule has 1 aromatic heterocycles. The first kappa shape index (κ1) is 20.8. The zero-order valence-corrected chi connectivity index (χ0v) is 18.4. The molecule has 1 fully saturated rings. The maximum Gasteiger partial charge on any atom is 0.338 e. The predicted molar refractivity (Wildman–Crippen MR) is 121 cm³/mol. The van der Waals surface area contributed by atoms with E-state index in [1.807, 2.05) is 44.2 Å². The van der Waals surface area contributed by atoms with Gasteiger partial charge in [-0.1, -0.05) is 24.6 Å². The maximum absolute atomic E-state index is 13.1. The van der Waals surface area contributed by atoms with Gasteiger partial charge in [-0.05, 0) is 70.1 Å². The SMILES string of the molecule is CC1(C)Oc2ccc3ccc(=O)oc3c2[C@@H](N2CCCCC2)[C@H]1OC(=O)c1ccccc1. The van der Waals surface area contributed by atoms with Gasteiger partial charge in [-0.15, -0.1) is 0 Å². The molecule has 0 N–H and O–H groups in total. The summed E-state index contributed by atoms with van der Waals surface area (Å²) in [4.78, 5) is 27.6. The van der Waals surface area contributed by atoms with Crippen molar-refractivity contribution in [3.05, 3.63) is 76.1 Å². The molecule has 32 heavy (non-hydrogen) atoms. The fourth-order valence-corrected chi connectivity index (χ4v) is 4.91. The predicted octanol–water partition coefficient (Wildman–Crippen LogP) is 4.72. The second-order valence-electron chi connectivity index (χ2n) is 9.09. The largest absolute Gasteiger partial charge is 0.483 e. The molecule has 1 saturated heterocycles. The van der Waals surface area contributed by atoms with E-state index >= 15 is 0 Å². The van der Waals surface area contributed by atoms with Crippen molar-refractivity contribution in [2.45, 2.75) is 50.9 Å². The highest BCUT2D eigenvalue weighted by Crippen LogP contribution is 2.48. The topological polar surface area (TPSA) is 69.0 Å². The van der Waals surface area contributed by atoms with Gasteiger partial charge >= 0.3 is 11.6 Å². The Morgan fingerprint density at radius 1 is 1.00 bits per heavy atom. The number of hydrogen-bond donors (Lipinski definition) is 0. The van der Waals surface area contributed by atoms with E-state index in [4.69, 9.17) is 13.9 Å². The van der Waals surface area contributed by atoms with Crippen LogP contribution in [0.5, 0.6) is 5.75 Å². The second-order valence-corrected chi connectivity index (χ2v) is 9.09. The van der Waals surface area contributed by atoms with Crippen LogP contribution in [-0.2, 0) is 4.74 Å². The molecule has 3 heterocycles. The molecule has 6 nitrogen and oxygen atoms in total. The monoisotopic (exact) mass is 433 g/mol. The highest BCUT2D eigenvalue weighted by atomic mass is 16.6. The number of ether oxygens (including phenoxy) is 2. The third-order valence-electron chi connectivity index (χ3n) is 6.46. The van der Waals surface area contributed by atoms with Gasteiger partial charge in [-0.25, -0.2) is 9.59 Å². The van der Waals surface area contributed by atoms with Gasteiger partial charge in [0, 0.05) is 11.5 Å². The quantitative estimate of drug-likeness (QED) is 0.440. The van der Waals surface area contributed by atoms with E-state index in [0.29, 0.717) is 16.9 Å². The Kier molecular flexibility index (Phi) is 5.25. The molecule has 0 spiro atoms. The van der Waals surface area contributed by atoms with Crippen molar-refractivity contribution < 1.29 is 18.7 Å². The number of piperidine rings is 1. The van der Waals surface area contributed by atoms with Gasteiger partial charge in [0.05, 0.1) is 17.2 Å². The number of rotatable bonds is 3. The second kappa shape index (κ2) is 8.10. The smallest absolute Gasteiger partial charge is 0.338 e. The van der Waals surface area contributed by atoms with Crippen molar-refractivity contribution in [2.24, 2.45) is 0 Å². The third kappa shape index (κ3) is 3.69. The first-order valence-electron chi connectivity index (χ1n) is 11.2. The van der Waals surface area contributed by atoms with E-state index < -0.39 is 17.3 Å². The minimum atomic E-state index is -0.775. The summed E-state index contributed by atoms with van der Waals surface area (Å²) in [7, 11) is 0. The van der Waals surface area contributed by atoms with Gasteiger partial charge in [0.1, 0.15) is 16.9 Å². The van der Waals surface area contributed by atoms with E-state index in [1.165, 1.54) is 12.5 Å². The number of esters is 1. The highest BCUT2D eigenvalue weighted by molar-refractivity contribution is 5.89. The summed E-state index contributed by atoms with van der Waals surface area (Å²) in [5.74, 6) is 0.277. The Balaban J connectivity index is 1.66. The minimum absolute atomic E-state index is 0.282. The van der Waals surface area contributed by atoms with Crippen LogP contribution in [0.4, 0.5) is 0 Å². The average Bonchev–Trinajstić information content (AvgIpc) is 2.80. The Morgan fingerprint density at radius 3 is 2.47 bits per heavy atom. The van der Waals surface area contributed by atoms with Crippen LogP contribution >= 0.6 is 0 Å². The Morgan fingerprint density at radius 2 is 1.72 bits per heavy atom. The molecule has 166 valence electrons. The molecule has 2 aliphatic rings. The van der Waals surface area contributed by atoms with E-state index in [0.717, 1.165) is 36.9 Å². The normalized spacial score (nSPS) is 22.7. The molecule has 2 aromatic carbocycles. The van der Waals surface area contributed by atoms with Gasteiger partial charge in [-0.2, -0.15) is 0 Å². The van der Waals surface area contributed by atoms with Crippen molar-refractivity contribution in [3.8, 4) is 5.75 Å². The molecule has 0 saturated carbocycles. The van der Waals surface area contributed by atoms with Gasteiger partial charge in [0.25, 0.3) is 0 Å². The number of carbonyl (C=O) groups is 1. The van der Waals surface area contributed by atoms with Crippen molar-refractivity contribution in [3.63, 3.8) is 0 Å². The summed E-state index contributed by atoms with van der Waals surface area (Å²) >= 11 is 0. The van der Waals surface area contributed by atoms with Crippen molar-refractivity contribution in [1.29, 1.82) is 0 Å². The first-order chi connectivity index (χ1) is 15.4. The van der Waals surface area contributed by atoms with E-state index in [1.54, 1.807) is 18.2 Å². The minimum Gasteiger partial charge on any atom is -0.483 e. The molecule has 6 heteroatoms. The summed E-state index contributed by atoms with van der Waals surface area (Å²) in [6, 6.07) is 15.7. The third-order valence-corrected chi connectivity index (χ3v) is 6.46. The summed E-state index contributed by atoms with van der Waals surface area (Å²) in [5.41, 5.74) is 0.596. The molecule has 0 amide bonds. The highest BCUT2D eigenvalue weighted by Gasteiger charge is 2.50. The molecule has 5 rings (SSSR count). The lowest BCUT2D eigenvalue weighted by Gasteiger charge is -2.48. The van der Waals surface area contributed by atoms with Crippen LogP contribution in [-0.4, -0.2) is 35.7 Å². The van der Waals surface area contributed by atoms with E-state index in [2.05, 4.69) is 4.90 Å². The van der Waals surface area contributed by atoms with Crippen molar-refractivity contribution >= 4 is 16.9 Å². The maximum atomic E-state index is 13.1. The van der Waals surface area contributed by atoms with Crippen LogP contribution in [0.25, 0.3) is 11.0 Å². The van der Waals surface area contributed by atoms with Gasteiger partial charge in [-0.3, -0.25) is 4.90 Å². The van der Waals surface area contributed by atoms with Gasteiger partial charge in [0.15, 0.2) is 6.10 Å². The lowest BCUT2D eigenvalue weighted by molar-refractivity contribution is -0.105. The number of benzene rings is 2. The van der Waals surface area contributed by atoms with Gasteiger partial charge < -0.3 is 13.9 Å². The molecule has 2 atom stereocenters. The first-order valence-corrected chi connectivity index (χ1v) is 11.2. The molecule has 3 aromatic rings. The standard InChI is InChI=1S/C26H27NO5/c1-26(2)24(31-25(29)18-9-5-3-6-10-18)22(27-15-7-4-8-16-27)21-19(32-26)13-11-17-12-14-20(28)30-23(17)21/h3,5-6,9-14,22,24H,4,7-8,15-16H2,1-2H3/t22-,24-/m1/s1. The van der Waals surface area contributed by atoms with Crippen molar-refractivity contribution in [2.75, 3.05) is 13.1 Å². The van der Waals surface area contributed by atoms with Gasteiger partial charge in [0.2, 0.25) is 0 Å². The molecule has 0 aliphatic carbocycles. The van der Waals surface area contributed by atoms with Crippen LogP contribution in [0, 0.1) is 0 Å². The molecular weight excluding hydrogens is 406 g/mol. The van der Waals surface area contributed by atoms with Crippen LogP contribution in [0.15, 0.2) is 63.8 Å². The number of carbonyl (C=O) groups excluding carboxylic acids is 1. The molecule has 0 radical (unpaired) electrons. The van der Waals surface area contributed by atoms with Crippen LogP contribution in [0.3, 0.4) is 0 Å². The molecule has 0 unspecified atom stereocenters. The van der Waals surface area contributed by atoms with E-state index in [-0.39, 0.29) is 12.0 Å². The van der Waals surface area contributed by atoms with Crippen LogP contribution in [0.1, 0.15) is 55.1 Å². The van der Waals surface area contributed by atoms with Crippen LogP contribution in [0.2, 0.25) is 0 Å². The summed E-state index contributed by atoms with van der Waals surface area (Å²) in [5, 5.41) is 0.821. The number of fused-ring (bicyclic) bond motifs is 3. The zero-order chi connectivity index (χ0) is 22.3. The molecule has 2 aliphatic heterocycles. The fraction of sp³-hybridized carbons (Fsp3) is 0.385. The van der Waals surface area contributed by atoms with Crippen LogP contribution < -0.4 is 10.4 Å². The molecular formula is C26H27NO5. The lowest BCUT2D eigenvalue weighted by atomic mass is 9.83. The summed E-state index contributed by atoms with van der Waals surface area (Å²) in [6.45, 7) is 5.66.